The molecule has 1 atom stereocenters. The van der Waals surface area contributed by atoms with E-state index in [2.05, 4.69) is 10.3 Å². The molecule has 1 unspecified atom stereocenters. The number of hydrogen-bond donors (Lipinski definition) is 1. The zero-order valence-corrected chi connectivity index (χ0v) is 19.4. The molecule has 1 saturated heterocycles. The summed E-state index contributed by atoms with van der Waals surface area (Å²) in [4.78, 5) is 21.9. The maximum atomic E-state index is 13.0. The third kappa shape index (κ3) is 4.24. The Morgan fingerprint density at radius 2 is 1.91 bits per heavy atom. The first-order valence-electron chi connectivity index (χ1n) is 10.9. The van der Waals surface area contributed by atoms with E-state index in [1.165, 1.54) is 0 Å². The van der Waals surface area contributed by atoms with Gasteiger partial charge in [0.05, 0.1) is 11.2 Å². The summed E-state index contributed by atoms with van der Waals surface area (Å²) in [5.74, 6) is 0.522. The molecule has 33 heavy (non-hydrogen) atoms. The van der Waals surface area contributed by atoms with Crippen LogP contribution in [0.5, 0.6) is 0 Å². The third-order valence-corrected chi connectivity index (χ3v) is 7.45. The number of anilines is 2. The summed E-state index contributed by atoms with van der Waals surface area (Å²) >= 11 is 0. The summed E-state index contributed by atoms with van der Waals surface area (Å²) in [6.07, 6.45) is 4.45. The van der Waals surface area contributed by atoms with Crippen molar-refractivity contribution in [1.29, 1.82) is 0 Å². The van der Waals surface area contributed by atoms with Crippen LogP contribution in [0.15, 0.2) is 67.0 Å². The van der Waals surface area contributed by atoms with Crippen LogP contribution in [0.2, 0.25) is 0 Å². The van der Waals surface area contributed by atoms with Gasteiger partial charge in [0.2, 0.25) is 0 Å². The van der Waals surface area contributed by atoms with Crippen LogP contribution in [0.25, 0.3) is 22.2 Å². The fraction of sp³-hybridized carbons (Fsp3) is 0.192. The quantitative estimate of drug-likeness (QED) is 0.467. The fourth-order valence-corrected chi connectivity index (χ4v) is 5.42. The number of hydrogen-bond acceptors (Lipinski definition) is 4. The fourth-order valence-electron chi connectivity index (χ4n) is 4.14. The molecule has 1 aliphatic rings. The van der Waals surface area contributed by atoms with E-state index in [-0.39, 0.29) is 5.91 Å². The molecule has 0 saturated carbocycles. The van der Waals surface area contributed by atoms with E-state index in [4.69, 9.17) is 4.98 Å². The first-order chi connectivity index (χ1) is 16.0. The van der Waals surface area contributed by atoms with E-state index >= 15 is 0 Å². The normalized spacial score (nSPS) is 15.7. The van der Waals surface area contributed by atoms with Crippen LogP contribution in [0, 0.1) is 13.8 Å². The van der Waals surface area contributed by atoms with Crippen molar-refractivity contribution in [1.82, 2.24) is 9.97 Å². The molecular formula is C26H24N4O2S. The molecule has 0 aliphatic carbocycles. The Morgan fingerprint density at radius 1 is 1.03 bits per heavy atom. The maximum absolute atomic E-state index is 13.0. The monoisotopic (exact) mass is 456 g/mol. The molecule has 1 fully saturated rings. The van der Waals surface area contributed by atoms with E-state index in [9.17, 15) is 9.00 Å². The molecular weight excluding hydrogens is 432 g/mol. The first kappa shape index (κ1) is 21.3. The number of pyridine rings is 2. The number of benzene rings is 2. The Kier molecular flexibility index (Phi) is 5.64. The molecule has 3 heterocycles. The molecule has 0 bridgehead atoms. The average molecular weight is 457 g/mol. The topological polar surface area (TPSA) is 75.2 Å². The largest absolute Gasteiger partial charge is 0.322 e. The second kappa shape index (κ2) is 8.75. The molecule has 5 rings (SSSR count). The van der Waals surface area contributed by atoms with Crippen molar-refractivity contribution in [3.05, 3.63) is 83.7 Å². The molecule has 7 heteroatoms. The highest BCUT2D eigenvalue weighted by Crippen LogP contribution is 2.28. The molecule has 0 spiro atoms. The Balaban J connectivity index is 1.40. The lowest BCUT2D eigenvalue weighted by atomic mass is 10.0. The predicted molar refractivity (Wildman–Crippen MR) is 134 cm³/mol. The number of amides is 1. The van der Waals surface area contributed by atoms with E-state index in [0.717, 1.165) is 51.9 Å². The van der Waals surface area contributed by atoms with Gasteiger partial charge in [-0.2, -0.15) is 0 Å². The van der Waals surface area contributed by atoms with Crippen LogP contribution in [-0.2, 0) is 11.0 Å². The van der Waals surface area contributed by atoms with Gasteiger partial charge in [0.15, 0.2) is 0 Å². The summed E-state index contributed by atoms with van der Waals surface area (Å²) in [6, 6.07) is 17.3. The summed E-state index contributed by atoms with van der Waals surface area (Å²) in [5, 5.41) is 4.01. The van der Waals surface area contributed by atoms with Crippen molar-refractivity contribution in [3.8, 4) is 11.3 Å². The highest BCUT2D eigenvalue weighted by Gasteiger charge is 2.21. The average Bonchev–Trinajstić information content (AvgIpc) is 3.25. The molecule has 6 nitrogen and oxygen atoms in total. The van der Waals surface area contributed by atoms with Gasteiger partial charge >= 0.3 is 0 Å². The summed E-state index contributed by atoms with van der Waals surface area (Å²) < 4.78 is 14.0. The Hall–Kier alpha value is -3.58. The van der Waals surface area contributed by atoms with Crippen molar-refractivity contribution in [2.45, 2.75) is 20.3 Å². The van der Waals surface area contributed by atoms with Crippen LogP contribution in [0.1, 0.15) is 27.9 Å². The highest BCUT2D eigenvalue weighted by atomic mass is 32.2. The van der Waals surface area contributed by atoms with Crippen LogP contribution in [0.3, 0.4) is 0 Å². The summed E-state index contributed by atoms with van der Waals surface area (Å²) in [5.41, 5.74) is 6.83. The number of nitrogens with zero attached hydrogens (tertiary/aromatic N) is 3. The second-order valence-corrected chi connectivity index (χ2v) is 9.72. The van der Waals surface area contributed by atoms with Crippen molar-refractivity contribution < 1.29 is 9.00 Å². The van der Waals surface area contributed by atoms with Crippen molar-refractivity contribution in [3.63, 3.8) is 0 Å². The minimum Gasteiger partial charge on any atom is -0.322 e. The zero-order valence-electron chi connectivity index (χ0n) is 18.5. The molecule has 2 aromatic carbocycles. The lowest BCUT2D eigenvalue weighted by Gasteiger charge is -2.18. The molecule has 1 aliphatic heterocycles. The number of aryl methyl sites for hydroxylation is 2. The van der Waals surface area contributed by atoms with E-state index in [1.807, 2.05) is 72.7 Å². The van der Waals surface area contributed by atoms with Gasteiger partial charge in [0.1, 0.15) is 11.0 Å². The Labute approximate surface area is 195 Å². The Morgan fingerprint density at radius 3 is 2.70 bits per heavy atom. The van der Waals surface area contributed by atoms with E-state index < -0.39 is 11.0 Å². The lowest BCUT2D eigenvalue weighted by Crippen LogP contribution is -2.20. The standard InChI is InChI=1S/C26H24N4O2S/c1-17-4-6-20(15-23(17)25-9-5-19-16-27-11-10-24(19)29-25)28-26(31)22-8-7-21(14-18(22)2)30-12-3-13-33(30)32/h4-11,14-16H,3,12-13H2,1-2H3,(H,28,31). The number of carbonyl (C=O) groups is 1. The summed E-state index contributed by atoms with van der Waals surface area (Å²) in [7, 11) is -0.978. The van der Waals surface area contributed by atoms with E-state index in [0.29, 0.717) is 17.0 Å². The van der Waals surface area contributed by atoms with Gasteiger partial charge in [-0.15, -0.1) is 0 Å². The molecule has 1 N–H and O–H groups in total. The highest BCUT2D eigenvalue weighted by molar-refractivity contribution is 7.86. The zero-order chi connectivity index (χ0) is 22.9. The lowest BCUT2D eigenvalue weighted by molar-refractivity contribution is 0.102. The van der Waals surface area contributed by atoms with Crippen molar-refractivity contribution in [2.24, 2.45) is 0 Å². The molecule has 1 amide bonds. The number of carbonyl (C=O) groups excluding carboxylic acids is 1. The van der Waals surface area contributed by atoms with E-state index in [1.54, 1.807) is 12.4 Å². The van der Waals surface area contributed by atoms with Gasteiger partial charge in [0.25, 0.3) is 5.91 Å². The predicted octanol–water partition coefficient (Wildman–Crippen LogP) is 5.04. The van der Waals surface area contributed by atoms with Gasteiger partial charge in [-0.1, -0.05) is 6.07 Å². The maximum Gasteiger partial charge on any atom is 0.255 e. The van der Waals surface area contributed by atoms with Gasteiger partial charge in [-0.05, 0) is 79.9 Å². The minimum atomic E-state index is -0.978. The van der Waals surface area contributed by atoms with Crippen molar-refractivity contribution in [2.75, 3.05) is 21.9 Å². The van der Waals surface area contributed by atoms with Crippen LogP contribution in [0.4, 0.5) is 11.4 Å². The number of rotatable bonds is 4. The molecule has 0 radical (unpaired) electrons. The first-order valence-corrected chi connectivity index (χ1v) is 12.2. The van der Waals surface area contributed by atoms with Gasteiger partial charge in [-0.25, -0.2) is 9.19 Å². The molecule has 166 valence electrons. The van der Waals surface area contributed by atoms with Crippen LogP contribution >= 0.6 is 0 Å². The molecule has 4 aromatic rings. The van der Waals surface area contributed by atoms with Crippen LogP contribution in [-0.4, -0.2) is 32.4 Å². The Bertz CT molecular complexity index is 1400. The van der Waals surface area contributed by atoms with Gasteiger partial charge in [-0.3, -0.25) is 14.1 Å². The SMILES string of the molecule is Cc1cc(N2CCCS2=O)ccc1C(=O)Nc1ccc(C)c(-c2ccc3cnccc3n2)c1. The van der Waals surface area contributed by atoms with Crippen molar-refractivity contribution >= 4 is 39.2 Å². The number of aromatic nitrogens is 2. The van der Waals surface area contributed by atoms with Crippen LogP contribution < -0.4 is 9.62 Å². The minimum absolute atomic E-state index is 0.172. The molecule has 2 aromatic heterocycles. The number of fused-ring (bicyclic) bond motifs is 1. The third-order valence-electron chi connectivity index (χ3n) is 5.93. The smallest absolute Gasteiger partial charge is 0.255 e. The summed E-state index contributed by atoms with van der Waals surface area (Å²) in [6.45, 7) is 4.72. The number of nitrogens with one attached hydrogen (secondary N) is 1. The van der Waals surface area contributed by atoms with Gasteiger partial charge < -0.3 is 5.32 Å². The van der Waals surface area contributed by atoms with Gasteiger partial charge in [0, 0.05) is 52.6 Å². The second-order valence-electron chi connectivity index (χ2n) is 8.23.